The number of hydrogen-bond donors (Lipinski definition) is 1. The summed E-state index contributed by atoms with van der Waals surface area (Å²) in [6.07, 6.45) is 1.26. The van der Waals surface area contributed by atoms with Crippen LogP contribution >= 0.6 is 0 Å². The number of benzene rings is 1. The highest BCUT2D eigenvalue weighted by molar-refractivity contribution is 5.68. The first kappa shape index (κ1) is 11.1. The zero-order chi connectivity index (χ0) is 12.3. The molecule has 2 rings (SSSR count). The summed E-state index contributed by atoms with van der Waals surface area (Å²) < 4.78 is 0. The number of pyridine rings is 1. The average molecular weight is 229 g/mol. The standard InChI is InChI=1S/C12H11N3O2/c1-9-7-11(12(8-13-9)15(16)17)14-10-5-3-2-4-6-10/h2-8H,1H3,(H,13,14). The summed E-state index contributed by atoms with van der Waals surface area (Å²) >= 11 is 0. The summed E-state index contributed by atoms with van der Waals surface area (Å²) in [5.74, 6) is 0. The summed E-state index contributed by atoms with van der Waals surface area (Å²) in [5, 5.41) is 13.9. The van der Waals surface area contributed by atoms with Crippen LogP contribution in [-0.4, -0.2) is 9.91 Å². The van der Waals surface area contributed by atoms with Gasteiger partial charge in [0.05, 0.1) is 4.92 Å². The van der Waals surface area contributed by atoms with Crippen molar-refractivity contribution in [2.75, 3.05) is 5.32 Å². The number of nitrogens with zero attached hydrogens (tertiary/aromatic N) is 2. The summed E-state index contributed by atoms with van der Waals surface area (Å²) in [5.41, 5.74) is 1.96. The Bertz CT molecular complexity index is 541. The zero-order valence-corrected chi connectivity index (χ0v) is 9.25. The Morgan fingerprint density at radius 3 is 2.65 bits per heavy atom. The van der Waals surface area contributed by atoms with Crippen LogP contribution < -0.4 is 5.32 Å². The normalized spacial score (nSPS) is 9.94. The summed E-state index contributed by atoms with van der Waals surface area (Å²) in [6.45, 7) is 1.79. The second-order valence-corrected chi connectivity index (χ2v) is 3.59. The minimum Gasteiger partial charge on any atom is -0.350 e. The van der Waals surface area contributed by atoms with Crippen LogP contribution in [-0.2, 0) is 0 Å². The van der Waals surface area contributed by atoms with Crippen LogP contribution in [0, 0.1) is 17.0 Å². The molecule has 0 radical (unpaired) electrons. The zero-order valence-electron chi connectivity index (χ0n) is 9.25. The van der Waals surface area contributed by atoms with Crippen molar-refractivity contribution in [3.63, 3.8) is 0 Å². The van der Waals surface area contributed by atoms with E-state index in [-0.39, 0.29) is 5.69 Å². The summed E-state index contributed by atoms with van der Waals surface area (Å²) in [4.78, 5) is 14.3. The fourth-order valence-electron chi connectivity index (χ4n) is 1.48. The average Bonchev–Trinajstić information content (AvgIpc) is 2.30. The second kappa shape index (κ2) is 4.61. The lowest BCUT2D eigenvalue weighted by Crippen LogP contribution is -1.98. The van der Waals surface area contributed by atoms with E-state index in [1.807, 2.05) is 30.3 Å². The maximum Gasteiger partial charge on any atom is 0.310 e. The molecule has 1 aromatic heterocycles. The molecule has 0 saturated carbocycles. The SMILES string of the molecule is Cc1cc(Nc2ccccc2)c([N+](=O)[O-])cn1. The Morgan fingerprint density at radius 1 is 1.29 bits per heavy atom. The van der Waals surface area contributed by atoms with Crippen molar-refractivity contribution in [1.82, 2.24) is 4.98 Å². The van der Waals surface area contributed by atoms with Gasteiger partial charge in [0.25, 0.3) is 0 Å². The van der Waals surface area contributed by atoms with E-state index in [0.29, 0.717) is 5.69 Å². The molecule has 0 spiro atoms. The van der Waals surface area contributed by atoms with Gasteiger partial charge in [-0.25, -0.2) is 0 Å². The molecule has 86 valence electrons. The third-order valence-corrected chi connectivity index (χ3v) is 2.27. The Labute approximate surface area is 98.3 Å². The number of nitrogens with one attached hydrogen (secondary N) is 1. The van der Waals surface area contributed by atoms with Crippen molar-refractivity contribution < 1.29 is 4.92 Å². The molecular weight excluding hydrogens is 218 g/mol. The molecule has 1 aromatic carbocycles. The van der Waals surface area contributed by atoms with Gasteiger partial charge in [-0.05, 0) is 25.1 Å². The highest BCUT2D eigenvalue weighted by Crippen LogP contribution is 2.26. The molecule has 1 heterocycles. The summed E-state index contributed by atoms with van der Waals surface area (Å²) in [7, 11) is 0. The summed E-state index contributed by atoms with van der Waals surface area (Å²) in [6, 6.07) is 11.0. The Kier molecular flexibility index (Phi) is 3.00. The van der Waals surface area contributed by atoms with Crippen LogP contribution in [0.25, 0.3) is 0 Å². The lowest BCUT2D eigenvalue weighted by Gasteiger charge is -2.07. The molecule has 0 bridgehead atoms. The van der Waals surface area contributed by atoms with Gasteiger partial charge in [-0.15, -0.1) is 0 Å². The molecular formula is C12H11N3O2. The Hall–Kier alpha value is -2.43. The van der Waals surface area contributed by atoms with Gasteiger partial charge in [-0.3, -0.25) is 15.1 Å². The number of rotatable bonds is 3. The quantitative estimate of drug-likeness (QED) is 0.648. The van der Waals surface area contributed by atoms with Gasteiger partial charge in [-0.1, -0.05) is 18.2 Å². The van der Waals surface area contributed by atoms with Crippen molar-refractivity contribution in [2.24, 2.45) is 0 Å². The van der Waals surface area contributed by atoms with E-state index >= 15 is 0 Å². The molecule has 1 N–H and O–H groups in total. The van der Waals surface area contributed by atoms with Crippen molar-refractivity contribution in [3.8, 4) is 0 Å². The molecule has 0 aliphatic heterocycles. The van der Waals surface area contributed by atoms with Gasteiger partial charge in [0.1, 0.15) is 11.9 Å². The lowest BCUT2D eigenvalue weighted by molar-refractivity contribution is -0.384. The number of para-hydroxylation sites is 1. The van der Waals surface area contributed by atoms with Crippen molar-refractivity contribution in [1.29, 1.82) is 0 Å². The molecule has 5 nitrogen and oxygen atoms in total. The maximum atomic E-state index is 10.8. The van der Waals surface area contributed by atoms with Gasteiger partial charge in [0.15, 0.2) is 0 Å². The number of hydrogen-bond acceptors (Lipinski definition) is 4. The van der Waals surface area contributed by atoms with E-state index < -0.39 is 4.92 Å². The fourth-order valence-corrected chi connectivity index (χ4v) is 1.48. The molecule has 0 amide bonds. The van der Waals surface area contributed by atoms with Crippen molar-refractivity contribution in [2.45, 2.75) is 6.92 Å². The first-order chi connectivity index (χ1) is 8.16. The minimum absolute atomic E-state index is 0.0283. The van der Waals surface area contributed by atoms with Gasteiger partial charge in [-0.2, -0.15) is 0 Å². The monoisotopic (exact) mass is 229 g/mol. The van der Waals surface area contributed by atoms with E-state index in [0.717, 1.165) is 11.4 Å². The van der Waals surface area contributed by atoms with Crippen LogP contribution in [0.3, 0.4) is 0 Å². The van der Waals surface area contributed by atoms with Crippen LogP contribution in [0.4, 0.5) is 17.1 Å². The fraction of sp³-hybridized carbons (Fsp3) is 0.0833. The topological polar surface area (TPSA) is 68.1 Å². The molecule has 0 aliphatic rings. The number of aromatic nitrogens is 1. The minimum atomic E-state index is -0.447. The first-order valence-electron chi connectivity index (χ1n) is 5.10. The molecule has 0 atom stereocenters. The molecule has 0 saturated heterocycles. The third kappa shape index (κ3) is 2.57. The maximum absolute atomic E-state index is 10.8. The molecule has 5 heteroatoms. The predicted molar refractivity (Wildman–Crippen MR) is 65.4 cm³/mol. The van der Waals surface area contributed by atoms with E-state index in [1.54, 1.807) is 13.0 Å². The first-order valence-corrected chi connectivity index (χ1v) is 5.10. The van der Waals surface area contributed by atoms with E-state index in [4.69, 9.17) is 0 Å². The molecule has 2 aromatic rings. The number of anilines is 2. The van der Waals surface area contributed by atoms with Crippen LogP contribution in [0.1, 0.15) is 5.69 Å². The highest BCUT2D eigenvalue weighted by Gasteiger charge is 2.14. The number of aryl methyl sites for hydroxylation is 1. The van der Waals surface area contributed by atoms with Crippen molar-refractivity contribution in [3.05, 3.63) is 58.4 Å². The second-order valence-electron chi connectivity index (χ2n) is 3.59. The van der Waals surface area contributed by atoms with E-state index in [9.17, 15) is 10.1 Å². The molecule has 0 fully saturated rings. The van der Waals surface area contributed by atoms with Crippen molar-refractivity contribution >= 4 is 17.1 Å². The van der Waals surface area contributed by atoms with E-state index in [2.05, 4.69) is 10.3 Å². The van der Waals surface area contributed by atoms with Crippen LogP contribution in [0.15, 0.2) is 42.6 Å². The third-order valence-electron chi connectivity index (χ3n) is 2.27. The highest BCUT2D eigenvalue weighted by atomic mass is 16.6. The largest absolute Gasteiger partial charge is 0.350 e. The Balaban J connectivity index is 2.37. The van der Waals surface area contributed by atoms with Crippen LogP contribution in [0.2, 0.25) is 0 Å². The van der Waals surface area contributed by atoms with Gasteiger partial charge >= 0.3 is 5.69 Å². The smallest absolute Gasteiger partial charge is 0.310 e. The Morgan fingerprint density at radius 2 is 2.00 bits per heavy atom. The van der Waals surface area contributed by atoms with Gasteiger partial charge in [0, 0.05) is 11.4 Å². The molecule has 0 unspecified atom stereocenters. The van der Waals surface area contributed by atoms with Crippen LogP contribution in [0.5, 0.6) is 0 Å². The predicted octanol–water partition coefficient (Wildman–Crippen LogP) is 3.04. The van der Waals surface area contributed by atoms with E-state index in [1.165, 1.54) is 6.20 Å². The number of nitro groups is 1. The van der Waals surface area contributed by atoms with Gasteiger partial charge in [0.2, 0.25) is 0 Å². The van der Waals surface area contributed by atoms with Gasteiger partial charge < -0.3 is 5.32 Å². The molecule has 17 heavy (non-hydrogen) atoms. The molecule has 0 aliphatic carbocycles. The lowest BCUT2D eigenvalue weighted by atomic mass is 10.2.